The number of aromatic nitrogens is 1. The molecular formula is C9H14N2O2S. The minimum atomic E-state index is -0.383. The molecule has 5 heteroatoms. The van der Waals surface area contributed by atoms with E-state index < -0.39 is 0 Å². The molecule has 0 saturated carbocycles. The van der Waals surface area contributed by atoms with Gasteiger partial charge in [-0.05, 0) is 20.8 Å². The predicted molar refractivity (Wildman–Crippen MR) is 55.3 cm³/mol. The van der Waals surface area contributed by atoms with Gasteiger partial charge in [0.1, 0.15) is 0 Å². The lowest BCUT2D eigenvalue weighted by Crippen LogP contribution is -2.25. The van der Waals surface area contributed by atoms with Crippen molar-refractivity contribution in [2.75, 3.05) is 0 Å². The molecule has 1 rings (SSSR count). The van der Waals surface area contributed by atoms with Gasteiger partial charge >= 0.3 is 6.09 Å². The van der Waals surface area contributed by atoms with Gasteiger partial charge in [0.25, 0.3) is 0 Å². The average molecular weight is 214 g/mol. The molecule has 0 fully saturated rings. The number of carbonyl (C=O) groups is 1. The normalized spacial score (nSPS) is 10.3. The van der Waals surface area contributed by atoms with Crippen molar-refractivity contribution in [3.8, 4) is 0 Å². The molecule has 1 heterocycles. The van der Waals surface area contributed by atoms with Gasteiger partial charge in [0, 0.05) is 11.1 Å². The van der Waals surface area contributed by atoms with Crippen molar-refractivity contribution < 1.29 is 9.53 Å². The van der Waals surface area contributed by atoms with E-state index >= 15 is 0 Å². The summed E-state index contributed by atoms with van der Waals surface area (Å²) in [5, 5.41) is 3.65. The van der Waals surface area contributed by atoms with Crippen molar-refractivity contribution in [1.29, 1.82) is 0 Å². The number of thiazole rings is 1. The van der Waals surface area contributed by atoms with Crippen LogP contribution in [0.3, 0.4) is 0 Å². The number of amides is 1. The fraction of sp³-hybridized carbons (Fsp3) is 0.556. The van der Waals surface area contributed by atoms with Crippen LogP contribution in [0, 0.1) is 6.92 Å². The van der Waals surface area contributed by atoms with Gasteiger partial charge in [-0.15, -0.1) is 11.3 Å². The molecule has 14 heavy (non-hydrogen) atoms. The number of nitrogens with zero attached hydrogens (tertiary/aromatic N) is 1. The lowest BCUT2D eigenvalue weighted by molar-refractivity contribution is 0.115. The van der Waals surface area contributed by atoms with Crippen molar-refractivity contribution >= 4 is 17.4 Å². The average Bonchev–Trinajstić information content (AvgIpc) is 2.47. The molecular weight excluding hydrogens is 200 g/mol. The number of alkyl carbamates (subject to hydrolysis) is 1. The maximum absolute atomic E-state index is 11.1. The summed E-state index contributed by atoms with van der Waals surface area (Å²) in [6.07, 6.45) is 1.29. The zero-order valence-corrected chi connectivity index (χ0v) is 9.35. The Morgan fingerprint density at radius 1 is 1.71 bits per heavy atom. The Hall–Kier alpha value is -1.10. The highest BCUT2D eigenvalue weighted by molar-refractivity contribution is 7.11. The van der Waals surface area contributed by atoms with Crippen LogP contribution in [0.5, 0.6) is 0 Å². The summed E-state index contributed by atoms with van der Waals surface area (Å²) in [5.74, 6) is 0. The summed E-state index contributed by atoms with van der Waals surface area (Å²) >= 11 is 1.57. The molecule has 0 atom stereocenters. The topological polar surface area (TPSA) is 51.2 Å². The summed E-state index contributed by atoms with van der Waals surface area (Å²) < 4.78 is 4.91. The number of hydrogen-bond donors (Lipinski definition) is 1. The number of rotatable bonds is 3. The fourth-order valence-electron chi connectivity index (χ4n) is 0.902. The molecule has 0 bridgehead atoms. The molecule has 0 aliphatic rings. The van der Waals surface area contributed by atoms with Gasteiger partial charge in [-0.2, -0.15) is 0 Å². The third-order valence-corrected chi connectivity index (χ3v) is 2.33. The van der Waals surface area contributed by atoms with Crippen molar-refractivity contribution in [1.82, 2.24) is 10.3 Å². The van der Waals surface area contributed by atoms with E-state index in [4.69, 9.17) is 4.74 Å². The van der Waals surface area contributed by atoms with Crippen LogP contribution < -0.4 is 5.32 Å². The first-order chi connectivity index (χ1) is 6.58. The highest BCUT2D eigenvalue weighted by Crippen LogP contribution is 2.10. The lowest BCUT2D eigenvalue weighted by Gasteiger charge is -2.08. The Labute approximate surface area is 87.3 Å². The molecule has 0 aliphatic heterocycles. The molecule has 4 nitrogen and oxygen atoms in total. The Morgan fingerprint density at radius 2 is 2.43 bits per heavy atom. The Balaban J connectivity index is 2.30. The second kappa shape index (κ2) is 4.95. The summed E-state index contributed by atoms with van der Waals surface area (Å²) in [6.45, 7) is 6.05. The maximum atomic E-state index is 11.1. The van der Waals surface area contributed by atoms with Crippen LogP contribution in [0.2, 0.25) is 0 Å². The highest BCUT2D eigenvalue weighted by atomic mass is 32.1. The monoisotopic (exact) mass is 214 g/mol. The first-order valence-corrected chi connectivity index (χ1v) is 5.25. The third-order valence-electron chi connectivity index (χ3n) is 1.42. The highest BCUT2D eigenvalue weighted by Gasteiger charge is 2.05. The lowest BCUT2D eigenvalue weighted by atomic mass is 10.5. The molecule has 0 unspecified atom stereocenters. The Bertz CT molecular complexity index is 310. The Kier molecular flexibility index (Phi) is 3.88. The molecule has 78 valence electrons. The van der Waals surface area contributed by atoms with Crippen LogP contribution in [-0.4, -0.2) is 17.2 Å². The molecule has 0 aromatic carbocycles. The van der Waals surface area contributed by atoms with Crippen LogP contribution in [-0.2, 0) is 11.3 Å². The van der Waals surface area contributed by atoms with E-state index in [2.05, 4.69) is 10.3 Å². The number of carbonyl (C=O) groups excluding carboxylic acids is 1. The molecule has 0 spiro atoms. The molecule has 1 aromatic rings. The van der Waals surface area contributed by atoms with Crippen LogP contribution in [0.4, 0.5) is 4.79 Å². The minimum Gasteiger partial charge on any atom is -0.447 e. The van der Waals surface area contributed by atoms with E-state index in [0.717, 1.165) is 9.88 Å². The van der Waals surface area contributed by atoms with E-state index in [1.807, 2.05) is 20.8 Å². The largest absolute Gasteiger partial charge is 0.447 e. The number of hydrogen-bond acceptors (Lipinski definition) is 4. The number of aryl methyl sites for hydroxylation is 1. The number of nitrogens with one attached hydrogen (secondary N) is 1. The Morgan fingerprint density at radius 3 is 2.93 bits per heavy atom. The van der Waals surface area contributed by atoms with Crippen molar-refractivity contribution in [2.45, 2.75) is 33.4 Å². The molecule has 1 aromatic heterocycles. The zero-order valence-electron chi connectivity index (χ0n) is 8.53. The summed E-state index contributed by atoms with van der Waals surface area (Å²) in [7, 11) is 0. The van der Waals surface area contributed by atoms with Crippen LogP contribution in [0.25, 0.3) is 0 Å². The van der Waals surface area contributed by atoms with Gasteiger partial charge in [0.05, 0.1) is 17.7 Å². The van der Waals surface area contributed by atoms with Gasteiger partial charge in [0.15, 0.2) is 0 Å². The summed E-state index contributed by atoms with van der Waals surface area (Å²) in [5.41, 5.74) is 0. The van der Waals surface area contributed by atoms with E-state index in [9.17, 15) is 4.79 Å². The molecule has 1 N–H and O–H groups in total. The van der Waals surface area contributed by atoms with Crippen LogP contribution in [0.1, 0.15) is 23.7 Å². The summed E-state index contributed by atoms with van der Waals surface area (Å²) in [6, 6.07) is 0. The quantitative estimate of drug-likeness (QED) is 0.838. The maximum Gasteiger partial charge on any atom is 0.407 e. The van der Waals surface area contributed by atoms with Crippen molar-refractivity contribution in [2.24, 2.45) is 0 Å². The van der Waals surface area contributed by atoms with E-state index in [0.29, 0.717) is 6.54 Å². The van der Waals surface area contributed by atoms with E-state index in [-0.39, 0.29) is 12.2 Å². The van der Waals surface area contributed by atoms with Gasteiger partial charge in [-0.25, -0.2) is 9.78 Å². The molecule has 0 radical (unpaired) electrons. The standard InChI is InChI=1S/C9H14N2O2S/c1-6(2)13-9(12)11-5-8-4-10-7(3)14-8/h4,6H,5H2,1-3H3,(H,11,12). The van der Waals surface area contributed by atoms with E-state index in [1.165, 1.54) is 0 Å². The first-order valence-electron chi connectivity index (χ1n) is 4.43. The minimum absolute atomic E-state index is 0.0850. The smallest absolute Gasteiger partial charge is 0.407 e. The predicted octanol–water partition coefficient (Wildman–Crippen LogP) is 2.09. The molecule has 0 aliphatic carbocycles. The van der Waals surface area contributed by atoms with Gasteiger partial charge in [0.2, 0.25) is 0 Å². The van der Waals surface area contributed by atoms with Gasteiger partial charge in [-0.1, -0.05) is 0 Å². The second-order valence-electron chi connectivity index (χ2n) is 3.15. The second-order valence-corrected chi connectivity index (χ2v) is 4.47. The van der Waals surface area contributed by atoms with Crippen molar-refractivity contribution in [3.63, 3.8) is 0 Å². The molecule has 1 amide bonds. The number of ether oxygens (including phenoxy) is 1. The summed E-state index contributed by atoms with van der Waals surface area (Å²) in [4.78, 5) is 16.2. The first kappa shape index (κ1) is 11.0. The molecule has 0 saturated heterocycles. The van der Waals surface area contributed by atoms with Crippen LogP contribution >= 0.6 is 11.3 Å². The third kappa shape index (κ3) is 3.74. The fourth-order valence-corrected chi connectivity index (χ4v) is 1.64. The van der Waals surface area contributed by atoms with Crippen LogP contribution in [0.15, 0.2) is 6.20 Å². The SMILES string of the molecule is Cc1ncc(CNC(=O)OC(C)C)s1. The van der Waals surface area contributed by atoms with Gasteiger partial charge < -0.3 is 10.1 Å². The zero-order chi connectivity index (χ0) is 10.6. The van der Waals surface area contributed by atoms with Crippen molar-refractivity contribution in [3.05, 3.63) is 16.1 Å². The van der Waals surface area contributed by atoms with E-state index in [1.54, 1.807) is 17.5 Å². The van der Waals surface area contributed by atoms with Gasteiger partial charge in [-0.3, -0.25) is 0 Å².